The molecule has 3 aromatic rings. The molecule has 1 amide bonds. The van der Waals surface area contributed by atoms with Gasteiger partial charge in [0.15, 0.2) is 0 Å². The van der Waals surface area contributed by atoms with E-state index < -0.39 is 11.3 Å². The molecule has 7 nitrogen and oxygen atoms in total. The lowest BCUT2D eigenvalue weighted by Gasteiger charge is -2.32. The third-order valence-electron chi connectivity index (χ3n) is 4.45. The van der Waals surface area contributed by atoms with Gasteiger partial charge in [-0.3, -0.25) is 4.79 Å². The maximum atomic E-state index is 13.4. The number of carbonyl (C=O) groups excluding carboxylic acids is 1. The Balaban J connectivity index is 1.67. The molecular weight excluding hydrogens is 381 g/mol. The lowest BCUT2D eigenvalue weighted by Crippen LogP contribution is -2.41. The number of nitrogens with one attached hydrogen (secondary N) is 2. The molecule has 28 heavy (non-hydrogen) atoms. The Morgan fingerprint density at radius 3 is 2.71 bits per heavy atom. The Hall–Kier alpha value is -3.07. The maximum absolute atomic E-state index is 13.4. The Morgan fingerprint density at radius 1 is 1.21 bits per heavy atom. The van der Waals surface area contributed by atoms with E-state index in [1.165, 1.54) is 23.9 Å². The van der Waals surface area contributed by atoms with Gasteiger partial charge in [-0.05, 0) is 36.8 Å². The lowest BCUT2D eigenvalue weighted by molar-refractivity contribution is -0.116. The number of ether oxygens (including phenoxy) is 1. The van der Waals surface area contributed by atoms with Crippen molar-refractivity contribution in [3.8, 4) is 5.75 Å². The van der Waals surface area contributed by atoms with Crippen molar-refractivity contribution in [1.29, 1.82) is 0 Å². The molecule has 2 aromatic carbocycles. The number of thioether (sulfide) groups is 1. The maximum Gasteiger partial charge on any atom is 0.240 e. The molecular formula is C19H18FN5O2S. The second-order valence-corrected chi connectivity index (χ2v) is 7.36. The highest BCUT2D eigenvalue weighted by molar-refractivity contribution is 8.00. The predicted octanol–water partition coefficient (Wildman–Crippen LogP) is 3.13. The lowest BCUT2D eigenvalue weighted by atomic mass is 10.0. The van der Waals surface area contributed by atoms with E-state index in [0.29, 0.717) is 22.4 Å². The first-order chi connectivity index (χ1) is 13.6. The van der Waals surface area contributed by atoms with E-state index in [1.807, 2.05) is 19.1 Å². The quantitative estimate of drug-likeness (QED) is 0.702. The fourth-order valence-electron chi connectivity index (χ4n) is 3.03. The third kappa shape index (κ3) is 3.40. The van der Waals surface area contributed by atoms with Crippen molar-refractivity contribution in [2.24, 2.45) is 0 Å². The molecule has 2 heterocycles. The number of nitrogens with zero attached hydrogens (tertiary/aromatic N) is 3. The molecule has 0 saturated carbocycles. The molecule has 0 bridgehead atoms. The smallest absolute Gasteiger partial charge is 0.240 e. The topological polar surface area (TPSA) is 81.1 Å². The zero-order chi connectivity index (χ0) is 19.7. The standard InChI is InChI=1S/C19H18FN5O2S/c1-11-22-23-19-25(11)24-16(12-7-9-13(20)10-8-12)17(28-19)18(26)21-14-5-3-4-6-15(14)27-2/h3-10,16-17,24H,1-2H3,(H,21,26)/t16-,17+/m1/s1. The number of rotatable bonds is 4. The van der Waals surface area contributed by atoms with Gasteiger partial charge in [0.1, 0.15) is 22.6 Å². The predicted molar refractivity (Wildman–Crippen MR) is 105 cm³/mol. The molecule has 2 N–H and O–H groups in total. The summed E-state index contributed by atoms with van der Waals surface area (Å²) in [7, 11) is 1.55. The molecule has 144 valence electrons. The minimum atomic E-state index is -0.550. The van der Waals surface area contributed by atoms with Crippen LogP contribution >= 0.6 is 11.8 Å². The van der Waals surface area contributed by atoms with Gasteiger partial charge in [-0.15, -0.1) is 10.2 Å². The molecule has 9 heteroatoms. The van der Waals surface area contributed by atoms with Gasteiger partial charge in [0.05, 0.1) is 18.8 Å². The molecule has 0 saturated heterocycles. The van der Waals surface area contributed by atoms with Crippen LogP contribution in [0.1, 0.15) is 17.4 Å². The van der Waals surface area contributed by atoms with Crippen LogP contribution in [0.25, 0.3) is 0 Å². The molecule has 1 aliphatic rings. The summed E-state index contributed by atoms with van der Waals surface area (Å²) < 4.78 is 20.4. The van der Waals surface area contributed by atoms with Crippen molar-refractivity contribution in [3.63, 3.8) is 0 Å². The summed E-state index contributed by atoms with van der Waals surface area (Å²) in [6.45, 7) is 1.82. The summed E-state index contributed by atoms with van der Waals surface area (Å²) in [5.41, 5.74) is 4.65. The van der Waals surface area contributed by atoms with Crippen LogP contribution in [0.15, 0.2) is 53.7 Å². The summed E-state index contributed by atoms with van der Waals surface area (Å²) in [4.78, 5) is 13.1. The Bertz CT molecular complexity index is 1010. The fraction of sp³-hybridized carbons (Fsp3) is 0.211. The first-order valence-electron chi connectivity index (χ1n) is 8.61. The molecule has 0 fully saturated rings. The zero-order valence-electron chi connectivity index (χ0n) is 15.2. The first kappa shape index (κ1) is 18.3. The number of carbonyl (C=O) groups is 1. The van der Waals surface area contributed by atoms with Crippen molar-refractivity contribution in [2.75, 3.05) is 17.9 Å². The number of benzene rings is 2. The molecule has 0 spiro atoms. The van der Waals surface area contributed by atoms with E-state index >= 15 is 0 Å². The summed E-state index contributed by atoms with van der Waals surface area (Å²) >= 11 is 1.31. The van der Waals surface area contributed by atoms with Gasteiger partial charge in [-0.25, -0.2) is 9.07 Å². The summed E-state index contributed by atoms with van der Waals surface area (Å²) in [5, 5.41) is 11.2. The number of para-hydroxylation sites is 2. The minimum Gasteiger partial charge on any atom is -0.495 e. The second kappa shape index (κ2) is 7.51. The number of methoxy groups -OCH3 is 1. The first-order valence-corrected chi connectivity index (χ1v) is 9.49. The molecule has 0 unspecified atom stereocenters. The van der Waals surface area contributed by atoms with Gasteiger partial charge in [0.25, 0.3) is 0 Å². The van der Waals surface area contributed by atoms with Crippen LogP contribution in [0.5, 0.6) is 5.75 Å². The summed E-state index contributed by atoms with van der Waals surface area (Å²) in [6.07, 6.45) is 0. The van der Waals surface area contributed by atoms with E-state index in [2.05, 4.69) is 20.9 Å². The highest BCUT2D eigenvalue weighted by Gasteiger charge is 2.37. The Kier molecular flexibility index (Phi) is 4.91. The van der Waals surface area contributed by atoms with Gasteiger partial charge in [-0.2, -0.15) is 0 Å². The van der Waals surface area contributed by atoms with Gasteiger partial charge in [-0.1, -0.05) is 36.0 Å². The van der Waals surface area contributed by atoms with Crippen molar-refractivity contribution in [2.45, 2.75) is 23.4 Å². The van der Waals surface area contributed by atoms with Crippen molar-refractivity contribution in [1.82, 2.24) is 14.9 Å². The van der Waals surface area contributed by atoms with E-state index in [-0.39, 0.29) is 11.7 Å². The molecule has 0 aliphatic carbocycles. The number of halogens is 1. The molecule has 4 rings (SSSR count). The number of hydrogen-bond acceptors (Lipinski definition) is 6. The highest BCUT2D eigenvalue weighted by atomic mass is 32.2. The van der Waals surface area contributed by atoms with Crippen molar-refractivity contribution in [3.05, 3.63) is 65.7 Å². The average molecular weight is 399 g/mol. The average Bonchev–Trinajstić information content (AvgIpc) is 3.08. The van der Waals surface area contributed by atoms with E-state index in [0.717, 1.165) is 5.56 Å². The molecule has 1 aliphatic heterocycles. The normalized spacial score (nSPS) is 18.1. The van der Waals surface area contributed by atoms with Crippen LogP contribution in [-0.2, 0) is 4.79 Å². The molecule has 2 atom stereocenters. The van der Waals surface area contributed by atoms with Gasteiger partial charge >= 0.3 is 0 Å². The van der Waals surface area contributed by atoms with Crippen molar-refractivity contribution >= 4 is 23.4 Å². The third-order valence-corrected chi connectivity index (χ3v) is 5.67. The van der Waals surface area contributed by atoms with Gasteiger partial charge < -0.3 is 15.5 Å². The monoisotopic (exact) mass is 399 g/mol. The van der Waals surface area contributed by atoms with E-state index in [1.54, 1.807) is 36.1 Å². The van der Waals surface area contributed by atoms with Crippen LogP contribution in [0.3, 0.4) is 0 Å². The highest BCUT2D eigenvalue weighted by Crippen LogP contribution is 2.38. The number of fused-ring (bicyclic) bond motifs is 1. The number of anilines is 1. The zero-order valence-corrected chi connectivity index (χ0v) is 16.0. The SMILES string of the molecule is COc1ccccc1NC(=O)[C@H]1Sc2nnc(C)n2N[C@@H]1c1ccc(F)cc1. The van der Waals surface area contributed by atoms with Crippen LogP contribution in [0, 0.1) is 12.7 Å². The molecule has 1 aromatic heterocycles. The van der Waals surface area contributed by atoms with Crippen LogP contribution < -0.4 is 15.5 Å². The van der Waals surface area contributed by atoms with Crippen LogP contribution in [0.4, 0.5) is 10.1 Å². The minimum absolute atomic E-state index is 0.219. The summed E-state index contributed by atoms with van der Waals surface area (Å²) in [5.74, 6) is 0.701. The largest absolute Gasteiger partial charge is 0.495 e. The fourth-order valence-corrected chi connectivity index (χ4v) is 4.16. The van der Waals surface area contributed by atoms with Gasteiger partial charge in [0.2, 0.25) is 11.1 Å². The van der Waals surface area contributed by atoms with Crippen LogP contribution in [0.2, 0.25) is 0 Å². The number of aromatic nitrogens is 3. The summed E-state index contributed by atoms with van der Waals surface area (Å²) in [6, 6.07) is 12.9. The number of amides is 1. The second-order valence-electron chi connectivity index (χ2n) is 6.25. The number of aryl methyl sites for hydroxylation is 1. The van der Waals surface area contributed by atoms with E-state index in [9.17, 15) is 9.18 Å². The molecule has 0 radical (unpaired) electrons. The Labute approximate surface area is 165 Å². The van der Waals surface area contributed by atoms with Crippen LogP contribution in [-0.4, -0.2) is 33.1 Å². The van der Waals surface area contributed by atoms with E-state index in [4.69, 9.17) is 4.74 Å². The number of hydrogen-bond donors (Lipinski definition) is 2. The Morgan fingerprint density at radius 2 is 1.96 bits per heavy atom. The van der Waals surface area contributed by atoms with Crippen molar-refractivity contribution < 1.29 is 13.9 Å². The van der Waals surface area contributed by atoms with Gasteiger partial charge in [0, 0.05) is 0 Å².